The van der Waals surface area contributed by atoms with Crippen LogP contribution in [0.1, 0.15) is 23.7 Å². The molecule has 0 bridgehead atoms. The largest absolute Gasteiger partial charge is 0.496 e. The first kappa shape index (κ1) is 11.9. The van der Waals surface area contributed by atoms with Gasteiger partial charge in [-0.15, -0.1) is 0 Å². The number of likely N-dealkylation sites (tertiary alicyclic amines) is 1. The molecule has 1 heterocycles. The van der Waals surface area contributed by atoms with Gasteiger partial charge in [0, 0.05) is 13.1 Å². The lowest BCUT2D eigenvalue weighted by atomic mass is 10.1. The van der Waals surface area contributed by atoms with Crippen LogP contribution >= 0.6 is 0 Å². The highest BCUT2D eigenvalue weighted by Gasteiger charge is 2.34. The molecular weight excluding hydrogens is 218 g/mol. The molecule has 0 radical (unpaired) electrons. The summed E-state index contributed by atoms with van der Waals surface area (Å²) in [4.78, 5) is 13.9. The summed E-state index contributed by atoms with van der Waals surface area (Å²) in [6.45, 7) is 2.72. The van der Waals surface area contributed by atoms with Crippen LogP contribution in [0.2, 0.25) is 0 Å². The number of rotatable bonds is 2. The third kappa shape index (κ3) is 2.42. The SMILES string of the molecule is COc1ccccc1C(=O)N1CCC(C)(O)C1. The lowest BCUT2D eigenvalue weighted by Crippen LogP contribution is -2.34. The Balaban J connectivity index is 2.20. The van der Waals surface area contributed by atoms with Crippen molar-refractivity contribution >= 4 is 5.91 Å². The van der Waals surface area contributed by atoms with Gasteiger partial charge in [0.2, 0.25) is 0 Å². The molecule has 92 valence electrons. The first-order valence-electron chi connectivity index (χ1n) is 5.68. The van der Waals surface area contributed by atoms with E-state index in [1.54, 1.807) is 31.1 Å². The summed E-state index contributed by atoms with van der Waals surface area (Å²) in [5.74, 6) is 0.490. The van der Waals surface area contributed by atoms with Crippen LogP contribution < -0.4 is 4.74 Å². The van der Waals surface area contributed by atoms with Crippen molar-refractivity contribution in [2.24, 2.45) is 0 Å². The highest BCUT2D eigenvalue weighted by molar-refractivity contribution is 5.97. The molecule has 4 nitrogen and oxygen atoms in total. The zero-order valence-electron chi connectivity index (χ0n) is 10.1. The minimum absolute atomic E-state index is 0.0831. The molecule has 1 fully saturated rings. The predicted molar refractivity (Wildman–Crippen MR) is 64.1 cm³/mol. The van der Waals surface area contributed by atoms with Gasteiger partial charge in [0.15, 0.2) is 0 Å². The summed E-state index contributed by atoms with van der Waals surface area (Å²) in [6, 6.07) is 7.15. The van der Waals surface area contributed by atoms with Crippen LogP contribution in [0.5, 0.6) is 5.75 Å². The van der Waals surface area contributed by atoms with Gasteiger partial charge in [-0.25, -0.2) is 0 Å². The van der Waals surface area contributed by atoms with Crippen molar-refractivity contribution in [2.45, 2.75) is 18.9 Å². The number of ether oxygens (including phenoxy) is 1. The molecule has 1 atom stereocenters. The van der Waals surface area contributed by atoms with E-state index >= 15 is 0 Å². The van der Waals surface area contributed by atoms with E-state index in [1.165, 1.54) is 0 Å². The molecular formula is C13H17NO3. The molecule has 2 rings (SSSR count). The average molecular weight is 235 g/mol. The Morgan fingerprint density at radius 3 is 2.76 bits per heavy atom. The van der Waals surface area contributed by atoms with Gasteiger partial charge in [0.25, 0.3) is 5.91 Å². The molecule has 0 aromatic heterocycles. The smallest absolute Gasteiger partial charge is 0.257 e. The van der Waals surface area contributed by atoms with Crippen LogP contribution in [0.4, 0.5) is 0 Å². The van der Waals surface area contributed by atoms with Gasteiger partial charge in [0.1, 0.15) is 5.75 Å². The maximum atomic E-state index is 12.2. The maximum Gasteiger partial charge on any atom is 0.257 e. The van der Waals surface area contributed by atoms with E-state index in [2.05, 4.69) is 0 Å². The first-order valence-corrected chi connectivity index (χ1v) is 5.68. The Bertz CT molecular complexity index is 428. The number of amides is 1. The summed E-state index contributed by atoms with van der Waals surface area (Å²) >= 11 is 0. The maximum absolute atomic E-state index is 12.2. The Kier molecular flexibility index (Phi) is 3.07. The van der Waals surface area contributed by atoms with E-state index in [9.17, 15) is 9.90 Å². The fourth-order valence-corrected chi connectivity index (χ4v) is 2.11. The summed E-state index contributed by atoms with van der Waals surface area (Å²) in [5, 5.41) is 9.86. The monoisotopic (exact) mass is 235 g/mol. The van der Waals surface area contributed by atoms with Gasteiger partial charge in [-0.1, -0.05) is 12.1 Å². The minimum Gasteiger partial charge on any atom is -0.496 e. The molecule has 1 unspecified atom stereocenters. The highest BCUT2D eigenvalue weighted by Crippen LogP contribution is 2.25. The number of hydrogen-bond donors (Lipinski definition) is 1. The van der Waals surface area contributed by atoms with Gasteiger partial charge in [0.05, 0.1) is 18.3 Å². The van der Waals surface area contributed by atoms with Crippen molar-refractivity contribution in [1.29, 1.82) is 0 Å². The van der Waals surface area contributed by atoms with Crippen LogP contribution in [0, 0.1) is 0 Å². The van der Waals surface area contributed by atoms with Crippen molar-refractivity contribution in [1.82, 2.24) is 4.90 Å². The number of methoxy groups -OCH3 is 1. The van der Waals surface area contributed by atoms with Crippen LogP contribution in [-0.2, 0) is 0 Å². The van der Waals surface area contributed by atoms with E-state index in [-0.39, 0.29) is 5.91 Å². The van der Waals surface area contributed by atoms with E-state index in [0.29, 0.717) is 30.8 Å². The Morgan fingerprint density at radius 2 is 2.18 bits per heavy atom. The van der Waals surface area contributed by atoms with Gasteiger partial charge < -0.3 is 14.7 Å². The van der Waals surface area contributed by atoms with E-state index < -0.39 is 5.60 Å². The lowest BCUT2D eigenvalue weighted by molar-refractivity contribution is 0.0570. The molecule has 17 heavy (non-hydrogen) atoms. The second-order valence-electron chi connectivity index (χ2n) is 4.67. The summed E-state index contributed by atoms with van der Waals surface area (Å²) in [6.07, 6.45) is 0.619. The predicted octanol–water partition coefficient (Wildman–Crippen LogP) is 1.29. The lowest BCUT2D eigenvalue weighted by Gasteiger charge is -2.20. The Labute approximate surface area is 101 Å². The van der Waals surface area contributed by atoms with Gasteiger partial charge in [-0.2, -0.15) is 0 Å². The van der Waals surface area contributed by atoms with Gasteiger partial charge >= 0.3 is 0 Å². The molecule has 0 spiro atoms. The van der Waals surface area contributed by atoms with E-state index in [1.807, 2.05) is 12.1 Å². The molecule has 1 amide bonds. The quantitative estimate of drug-likeness (QED) is 0.840. The highest BCUT2D eigenvalue weighted by atomic mass is 16.5. The second kappa shape index (κ2) is 4.37. The molecule has 1 aliphatic heterocycles. The normalized spacial score (nSPS) is 23.8. The zero-order valence-corrected chi connectivity index (χ0v) is 10.1. The van der Waals surface area contributed by atoms with Crippen LogP contribution in [0.15, 0.2) is 24.3 Å². The molecule has 1 N–H and O–H groups in total. The first-order chi connectivity index (χ1) is 8.03. The van der Waals surface area contributed by atoms with Gasteiger partial charge in [-0.05, 0) is 25.5 Å². The van der Waals surface area contributed by atoms with Crippen molar-refractivity contribution in [3.8, 4) is 5.75 Å². The molecule has 4 heteroatoms. The Hall–Kier alpha value is -1.55. The zero-order chi connectivity index (χ0) is 12.5. The topological polar surface area (TPSA) is 49.8 Å². The number of aliphatic hydroxyl groups is 1. The van der Waals surface area contributed by atoms with Gasteiger partial charge in [-0.3, -0.25) is 4.79 Å². The molecule has 0 saturated carbocycles. The third-order valence-electron chi connectivity index (χ3n) is 3.08. The van der Waals surface area contributed by atoms with E-state index in [0.717, 1.165) is 0 Å². The van der Waals surface area contributed by atoms with Crippen molar-refractivity contribution < 1.29 is 14.6 Å². The number of carbonyl (C=O) groups excluding carboxylic acids is 1. The van der Waals surface area contributed by atoms with E-state index in [4.69, 9.17) is 4.74 Å². The third-order valence-corrected chi connectivity index (χ3v) is 3.08. The molecule has 1 aliphatic rings. The number of benzene rings is 1. The summed E-state index contributed by atoms with van der Waals surface area (Å²) < 4.78 is 5.17. The van der Waals surface area contributed by atoms with Crippen molar-refractivity contribution in [2.75, 3.05) is 20.2 Å². The van der Waals surface area contributed by atoms with Crippen molar-refractivity contribution in [3.63, 3.8) is 0 Å². The second-order valence-corrected chi connectivity index (χ2v) is 4.67. The molecule has 1 aromatic carbocycles. The molecule has 1 aromatic rings. The number of nitrogens with zero attached hydrogens (tertiary/aromatic N) is 1. The van der Waals surface area contributed by atoms with Crippen LogP contribution in [0.25, 0.3) is 0 Å². The number of hydrogen-bond acceptors (Lipinski definition) is 3. The molecule has 0 aliphatic carbocycles. The summed E-state index contributed by atoms with van der Waals surface area (Å²) in [7, 11) is 1.55. The van der Waals surface area contributed by atoms with Crippen molar-refractivity contribution in [3.05, 3.63) is 29.8 Å². The molecule has 1 saturated heterocycles. The summed E-state index contributed by atoms with van der Waals surface area (Å²) in [5.41, 5.74) is -0.217. The number of β-amino-alcohol motifs (C(OH)–C–C–N with tert-alkyl or cyclic N) is 1. The fourth-order valence-electron chi connectivity index (χ4n) is 2.11. The average Bonchev–Trinajstić information content (AvgIpc) is 2.68. The van der Waals surface area contributed by atoms with Crippen LogP contribution in [0.3, 0.4) is 0 Å². The Morgan fingerprint density at radius 1 is 1.47 bits per heavy atom. The fraction of sp³-hybridized carbons (Fsp3) is 0.462. The van der Waals surface area contributed by atoms with Crippen LogP contribution in [-0.4, -0.2) is 41.7 Å². The number of para-hydroxylation sites is 1. The minimum atomic E-state index is -0.766. The standard InChI is InChI=1S/C13H17NO3/c1-13(16)7-8-14(9-13)12(15)10-5-3-4-6-11(10)17-2/h3-6,16H,7-9H2,1-2H3. The number of carbonyl (C=O) groups is 1.